The van der Waals surface area contributed by atoms with Gasteiger partial charge in [0.1, 0.15) is 11.3 Å². The summed E-state index contributed by atoms with van der Waals surface area (Å²) >= 11 is 0. The zero-order valence-electron chi connectivity index (χ0n) is 19.3. The van der Waals surface area contributed by atoms with Gasteiger partial charge in [0, 0.05) is 16.6 Å². The van der Waals surface area contributed by atoms with Gasteiger partial charge in [0.25, 0.3) is 0 Å². The van der Waals surface area contributed by atoms with Gasteiger partial charge in [-0.05, 0) is 36.0 Å². The van der Waals surface area contributed by atoms with Gasteiger partial charge < -0.3 is 0 Å². The predicted molar refractivity (Wildman–Crippen MR) is 133 cm³/mol. The van der Waals surface area contributed by atoms with Crippen molar-refractivity contribution in [2.75, 3.05) is 0 Å². The standard InChI is InChI=1S/C28H28N4/c1-17(2)21-12-9-13-22(18(3)4)26(21)32-27-23-14-19(5)29-15-24(23)30-16-25(27)31-28(32)20-10-7-6-8-11-20/h6-18H,1-5H3. The summed E-state index contributed by atoms with van der Waals surface area (Å²) in [7, 11) is 0. The summed E-state index contributed by atoms with van der Waals surface area (Å²) in [5.41, 5.74) is 8.83. The summed E-state index contributed by atoms with van der Waals surface area (Å²) < 4.78 is 2.37. The van der Waals surface area contributed by atoms with Gasteiger partial charge in [-0.25, -0.2) is 4.98 Å². The van der Waals surface area contributed by atoms with Gasteiger partial charge >= 0.3 is 0 Å². The average Bonchev–Trinajstić information content (AvgIpc) is 3.19. The van der Waals surface area contributed by atoms with Crippen LogP contribution in [0.5, 0.6) is 0 Å². The minimum Gasteiger partial charge on any atom is -0.291 e. The van der Waals surface area contributed by atoms with Gasteiger partial charge in [-0.3, -0.25) is 14.5 Å². The molecule has 4 heteroatoms. The smallest absolute Gasteiger partial charge is 0.145 e. The monoisotopic (exact) mass is 420 g/mol. The molecule has 5 rings (SSSR count). The van der Waals surface area contributed by atoms with Gasteiger partial charge in [0.05, 0.1) is 29.1 Å². The van der Waals surface area contributed by atoms with Crippen LogP contribution >= 0.6 is 0 Å². The summed E-state index contributed by atoms with van der Waals surface area (Å²) in [6, 6.07) is 19.3. The van der Waals surface area contributed by atoms with E-state index in [0.717, 1.165) is 39.0 Å². The van der Waals surface area contributed by atoms with Crippen molar-refractivity contribution in [3.8, 4) is 17.1 Å². The third-order valence-corrected chi connectivity index (χ3v) is 6.10. The van der Waals surface area contributed by atoms with Crippen LogP contribution < -0.4 is 0 Å². The lowest BCUT2D eigenvalue weighted by Gasteiger charge is -2.23. The van der Waals surface area contributed by atoms with Gasteiger partial charge in [0.2, 0.25) is 0 Å². The highest BCUT2D eigenvalue weighted by atomic mass is 15.1. The highest BCUT2D eigenvalue weighted by Crippen LogP contribution is 2.38. The second-order valence-corrected chi connectivity index (χ2v) is 9.07. The molecule has 2 aromatic carbocycles. The van der Waals surface area contributed by atoms with Gasteiger partial charge in [-0.15, -0.1) is 0 Å². The van der Waals surface area contributed by atoms with Crippen molar-refractivity contribution >= 4 is 21.9 Å². The van der Waals surface area contributed by atoms with E-state index in [1.807, 2.05) is 25.4 Å². The minimum atomic E-state index is 0.376. The maximum absolute atomic E-state index is 5.12. The molecule has 0 atom stereocenters. The van der Waals surface area contributed by atoms with Crippen molar-refractivity contribution in [3.05, 3.63) is 83.8 Å². The van der Waals surface area contributed by atoms with Crippen molar-refractivity contribution in [3.63, 3.8) is 0 Å². The lowest BCUT2D eigenvalue weighted by atomic mass is 9.92. The van der Waals surface area contributed by atoms with Crippen LogP contribution in [0.25, 0.3) is 39.0 Å². The van der Waals surface area contributed by atoms with E-state index in [1.165, 1.54) is 16.8 Å². The van der Waals surface area contributed by atoms with Crippen molar-refractivity contribution < 1.29 is 0 Å². The molecule has 0 unspecified atom stereocenters. The van der Waals surface area contributed by atoms with E-state index in [2.05, 4.69) is 90.8 Å². The second-order valence-electron chi connectivity index (χ2n) is 9.07. The lowest BCUT2D eigenvalue weighted by molar-refractivity contribution is 0.811. The van der Waals surface area contributed by atoms with Crippen LogP contribution in [0.3, 0.4) is 0 Å². The van der Waals surface area contributed by atoms with E-state index in [9.17, 15) is 0 Å². The first kappa shape index (κ1) is 20.4. The Morgan fingerprint density at radius 2 is 1.41 bits per heavy atom. The molecule has 0 saturated carbocycles. The Bertz CT molecular complexity index is 1400. The summed E-state index contributed by atoms with van der Waals surface area (Å²) in [5, 5.41) is 1.08. The number of aryl methyl sites for hydroxylation is 1. The summed E-state index contributed by atoms with van der Waals surface area (Å²) in [6.45, 7) is 11.1. The first-order valence-corrected chi connectivity index (χ1v) is 11.3. The van der Waals surface area contributed by atoms with Gasteiger partial charge in [0.15, 0.2) is 0 Å². The summed E-state index contributed by atoms with van der Waals surface area (Å²) in [5.74, 6) is 1.70. The second kappa shape index (κ2) is 7.86. The molecule has 0 aliphatic heterocycles. The van der Waals surface area contributed by atoms with Crippen LogP contribution in [0.15, 0.2) is 67.0 Å². The SMILES string of the molecule is Cc1cc2c(cn1)ncc1nc(-c3ccccc3)n(-c3c(C(C)C)cccc3C(C)C)c12. The molecule has 0 aliphatic carbocycles. The maximum Gasteiger partial charge on any atom is 0.145 e. The fourth-order valence-electron chi connectivity index (χ4n) is 4.53. The van der Waals surface area contributed by atoms with Crippen molar-refractivity contribution in [2.24, 2.45) is 0 Å². The Labute approximate surface area is 189 Å². The largest absolute Gasteiger partial charge is 0.291 e. The zero-order valence-corrected chi connectivity index (χ0v) is 19.3. The fourth-order valence-corrected chi connectivity index (χ4v) is 4.53. The number of imidazole rings is 1. The van der Waals surface area contributed by atoms with E-state index >= 15 is 0 Å². The van der Waals surface area contributed by atoms with E-state index in [0.29, 0.717) is 11.8 Å². The molecule has 0 N–H and O–H groups in total. The molecule has 0 fully saturated rings. The highest BCUT2D eigenvalue weighted by molar-refractivity contribution is 6.04. The van der Waals surface area contributed by atoms with Crippen molar-refractivity contribution in [1.82, 2.24) is 19.5 Å². The normalized spacial score (nSPS) is 11.8. The lowest BCUT2D eigenvalue weighted by Crippen LogP contribution is -2.08. The Hall–Kier alpha value is -3.53. The predicted octanol–water partition coefficient (Wildman–Crippen LogP) is 7.19. The number of hydrogen-bond acceptors (Lipinski definition) is 3. The number of nitrogens with zero attached hydrogens (tertiary/aromatic N) is 4. The van der Waals surface area contributed by atoms with E-state index in [-0.39, 0.29) is 0 Å². The van der Waals surface area contributed by atoms with Gasteiger partial charge in [-0.1, -0.05) is 76.2 Å². The van der Waals surface area contributed by atoms with Crippen LogP contribution in [0.1, 0.15) is 56.4 Å². The average molecular weight is 421 g/mol. The van der Waals surface area contributed by atoms with Crippen LogP contribution in [0, 0.1) is 6.92 Å². The molecule has 0 aliphatic rings. The number of hydrogen-bond donors (Lipinski definition) is 0. The number of fused-ring (bicyclic) bond motifs is 3. The Morgan fingerprint density at radius 1 is 0.750 bits per heavy atom. The zero-order chi connectivity index (χ0) is 22.4. The molecular formula is C28H28N4. The molecule has 0 saturated heterocycles. The fraction of sp³-hybridized carbons (Fsp3) is 0.250. The quantitative estimate of drug-likeness (QED) is 0.309. The number of aromatic nitrogens is 4. The molecule has 3 aromatic heterocycles. The third-order valence-electron chi connectivity index (χ3n) is 6.10. The maximum atomic E-state index is 5.12. The molecule has 32 heavy (non-hydrogen) atoms. The Balaban J connectivity index is 2.02. The summed E-state index contributed by atoms with van der Waals surface area (Å²) in [4.78, 5) is 14.3. The highest BCUT2D eigenvalue weighted by Gasteiger charge is 2.23. The van der Waals surface area contributed by atoms with Crippen LogP contribution in [-0.2, 0) is 0 Å². The van der Waals surface area contributed by atoms with E-state index < -0.39 is 0 Å². The third kappa shape index (κ3) is 3.27. The van der Waals surface area contributed by atoms with Crippen molar-refractivity contribution in [1.29, 1.82) is 0 Å². The Kier molecular flexibility index (Phi) is 5.01. The van der Waals surface area contributed by atoms with Crippen molar-refractivity contribution in [2.45, 2.75) is 46.5 Å². The molecule has 5 aromatic rings. The molecule has 0 amide bonds. The molecule has 0 bridgehead atoms. The van der Waals surface area contributed by atoms with E-state index in [4.69, 9.17) is 4.98 Å². The van der Waals surface area contributed by atoms with Crippen LogP contribution in [0.2, 0.25) is 0 Å². The number of benzene rings is 2. The van der Waals surface area contributed by atoms with Crippen LogP contribution in [-0.4, -0.2) is 19.5 Å². The van der Waals surface area contributed by atoms with Gasteiger partial charge in [-0.2, -0.15) is 0 Å². The Morgan fingerprint density at radius 3 is 2.06 bits per heavy atom. The molecule has 0 spiro atoms. The molecular weight excluding hydrogens is 392 g/mol. The topological polar surface area (TPSA) is 43.6 Å². The summed E-state index contributed by atoms with van der Waals surface area (Å²) in [6.07, 6.45) is 3.74. The first-order chi connectivity index (χ1) is 15.5. The molecule has 160 valence electrons. The number of pyridine rings is 2. The number of rotatable bonds is 4. The number of para-hydroxylation sites is 1. The minimum absolute atomic E-state index is 0.376. The molecule has 3 heterocycles. The van der Waals surface area contributed by atoms with E-state index in [1.54, 1.807) is 0 Å². The van der Waals surface area contributed by atoms with Crippen LogP contribution in [0.4, 0.5) is 0 Å². The molecule has 0 radical (unpaired) electrons. The first-order valence-electron chi connectivity index (χ1n) is 11.3. The molecule has 4 nitrogen and oxygen atoms in total.